The number of benzene rings is 2. The van der Waals surface area contributed by atoms with Gasteiger partial charge in [-0.05, 0) is 42.7 Å². The molecule has 0 aliphatic carbocycles. The van der Waals surface area contributed by atoms with Gasteiger partial charge in [0.2, 0.25) is 0 Å². The van der Waals surface area contributed by atoms with E-state index >= 15 is 0 Å². The van der Waals surface area contributed by atoms with Gasteiger partial charge in [0, 0.05) is 31.0 Å². The fourth-order valence-corrected chi connectivity index (χ4v) is 3.00. The van der Waals surface area contributed by atoms with Crippen LogP contribution in [-0.2, 0) is 6.54 Å². The highest BCUT2D eigenvalue weighted by Gasteiger charge is 2.21. The monoisotopic (exact) mass is 368 g/mol. The van der Waals surface area contributed by atoms with Gasteiger partial charge in [-0.3, -0.25) is 0 Å². The number of nitrogens with zero attached hydrogens (tertiary/aromatic N) is 1. The van der Waals surface area contributed by atoms with E-state index in [0.29, 0.717) is 31.0 Å². The highest BCUT2D eigenvalue weighted by Crippen LogP contribution is 2.13. The molecule has 0 aromatic heterocycles. The average molecular weight is 368 g/mol. The number of aliphatic hydroxyl groups is 1. The first-order valence-corrected chi connectivity index (χ1v) is 9.03. The van der Waals surface area contributed by atoms with E-state index in [1.165, 1.54) is 0 Å². The molecule has 0 saturated carbocycles. The van der Waals surface area contributed by atoms with Crippen LogP contribution in [0.25, 0.3) is 0 Å². The molecule has 7 heteroatoms. The van der Waals surface area contributed by atoms with Crippen LogP contribution in [-0.4, -0.2) is 41.3 Å². The van der Waals surface area contributed by atoms with Crippen molar-refractivity contribution < 1.29 is 14.7 Å². The molecule has 7 nitrogen and oxygen atoms in total. The number of nitrogens with one attached hydrogen (secondary N) is 3. The molecule has 2 aromatic rings. The summed E-state index contributed by atoms with van der Waals surface area (Å²) in [7, 11) is 0. The summed E-state index contributed by atoms with van der Waals surface area (Å²) >= 11 is 0. The molecule has 4 N–H and O–H groups in total. The van der Waals surface area contributed by atoms with Crippen LogP contribution in [0.2, 0.25) is 0 Å². The number of rotatable bonds is 4. The van der Waals surface area contributed by atoms with E-state index in [-0.39, 0.29) is 12.1 Å². The number of anilines is 2. The number of hydrogen-bond donors (Lipinski definition) is 4. The lowest BCUT2D eigenvalue weighted by molar-refractivity contribution is 0.0842. The minimum atomic E-state index is -0.444. The Morgan fingerprint density at radius 2 is 1.78 bits per heavy atom. The second-order valence-corrected chi connectivity index (χ2v) is 6.55. The van der Waals surface area contributed by atoms with Gasteiger partial charge in [-0.2, -0.15) is 0 Å². The van der Waals surface area contributed by atoms with E-state index in [9.17, 15) is 14.7 Å². The quantitative estimate of drug-likeness (QED) is 0.668. The molecule has 1 aliphatic heterocycles. The van der Waals surface area contributed by atoms with E-state index in [1.807, 2.05) is 48.5 Å². The highest BCUT2D eigenvalue weighted by atomic mass is 16.3. The Balaban J connectivity index is 1.51. The highest BCUT2D eigenvalue weighted by molar-refractivity contribution is 5.99. The third-order valence-corrected chi connectivity index (χ3v) is 4.34. The van der Waals surface area contributed by atoms with Crippen LogP contribution < -0.4 is 16.0 Å². The van der Waals surface area contributed by atoms with Crippen LogP contribution in [0.4, 0.5) is 21.0 Å². The molecule has 0 spiro atoms. The summed E-state index contributed by atoms with van der Waals surface area (Å²) < 4.78 is 0. The average Bonchev–Trinajstić information content (AvgIpc) is 2.67. The van der Waals surface area contributed by atoms with Crippen molar-refractivity contribution in [1.29, 1.82) is 0 Å². The van der Waals surface area contributed by atoms with Gasteiger partial charge >= 0.3 is 12.1 Å². The Hall–Kier alpha value is -3.06. The standard InChI is InChI=1S/C20H24N4O3/c25-18-10-5-11-24(14-18)20(27)21-13-15-6-4-9-17(12-15)23-19(26)22-16-7-2-1-3-8-16/h1-4,6-9,12,18,25H,5,10-11,13-14H2,(H,21,27)(H2,22,23,26)/t18-/m1/s1. The number of para-hydroxylation sites is 1. The molecule has 0 radical (unpaired) electrons. The number of piperidine rings is 1. The van der Waals surface area contributed by atoms with Crippen molar-refractivity contribution in [1.82, 2.24) is 10.2 Å². The molecule has 1 fully saturated rings. The Labute approximate surface area is 158 Å². The summed E-state index contributed by atoms with van der Waals surface area (Å²) in [5.41, 5.74) is 2.23. The number of β-amino-alcohol motifs (C(OH)–C–C–N with tert-alkyl or cyclic N) is 1. The molecule has 1 heterocycles. The predicted octanol–water partition coefficient (Wildman–Crippen LogP) is 3.00. The fraction of sp³-hybridized carbons (Fsp3) is 0.300. The van der Waals surface area contributed by atoms with Gasteiger partial charge in [-0.1, -0.05) is 30.3 Å². The number of carbonyl (C=O) groups excluding carboxylic acids is 2. The van der Waals surface area contributed by atoms with Gasteiger partial charge < -0.3 is 26.0 Å². The zero-order chi connectivity index (χ0) is 19.1. The molecule has 3 rings (SSSR count). The molecule has 0 bridgehead atoms. The maximum absolute atomic E-state index is 12.2. The summed E-state index contributed by atoms with van der Waals surface area (Å²) in [6.07, 6.45) is 1.10. The molecule has 2 aromatic carbocycles. The van der Waals surface area contributed by atoms with E-state index in [1.54, 1.807) is 11.0 Å². The first kappa shape index (κ1) is 18.7. The summed E-state index contributed by atoms with van der Waals surface area (Å²) in [6.45, 7) is 1.37. The van der Waals surface area contributed by atoms with Crippen LogP contribution in [0, 0.1) is 0 Å². The number of carbonyl (C=O) groups is 2. The van der Waals surface area contributed by atoms with Gasteiger partial charge in [0.15, 0.2) is 0 Å². The third-order valence-electron chi connectivity index (χ3n) is 4.34. The fourth-order valence-electron chi connectivity index (χ4n) is 3.00. The lowest BCUT2D eigenvalue weighted by atomic mass is 10.1. The van der Waals surface area contributed by atoms with E-state index in [4.69, 9.17) is 0 Å². The van der Waals surface area contributed by atoms with Crippen molar-refractivity contribution in [3.63, 3.8) is 0 Å². The molecule has 4 amide bonds. The van der Waals surface area contributed by atoms with Gasteiger partial charge in [-0.25, -0.2) is 9.59 Å². The lowest BCUT2D eigenvalue weighted by Gasteiger charge is -2.30. The molecule has 1 atom stereocenters. The van der Waals surface area contributed by atoms with Crippen LogP contribution in [0.3, 0.4) is 0 Å². The lowest BCUT2D eigenvalue weighted by Crippen LogP contribution is -2.46. The molecular weight excluding hydrogens is 344 g/mol. The van der Waals surface area contributed by atoms with Gasteiger partial charge in [0.05, 0.1) is 6.10 Å². The molecular formula is C20H24N4O3. The third kappa shape index (κ3) is 5.72. The SMILES string of the molecule is O=C(Nc1ccccc1)Nc1cccc(CNC(=O)N2CCC[C@@H](O)C2)c1. The van der Waals surface area contributed by atoms with Crippen molar-refractivity contribution in [2.24, 2.45) is 0 Å². The maximum Gasteiger partial charge on any atom is 0.323 e. The summed E-state index contributed by atoms with van der Waals surface area (Å²) in [4.78, 5) is 25.9. The number of likely N-dealkylation sites (tertiary alicyclic amines) is 1. The molecule has 1 aliphatic rings. The van der Waals surface area contributed by atoms with Crippen molar-refractivity contribution in [2.45, 2.75) is 25.5 Å². The van der Waals surface area contributed by atoms with E-state index < -0.39 is 6.10 Å². The summed E-state index contributed by atoms with van der Waals surface area (Å²) in [5, 5.41) is 18.1. The minimum absolute atomic E-state index is 0.186. The van der Waals surface area contributed by atoms with Crippen LogP contribution >= 0.6 is 0 Å². The molecule has 27 heavy (non-hydrogen) atoms. The Morgan fingerprint density at radius 3 is 2.56 bits per heavy atom. The number of amides is 4. The van der Waals surface area contributed by atoms with Crippen molar-refractivity contribution >= 4 is 23.4 Å². The topological polar surface area (TPSA) is 93.7 Å². The van der Waals surface area contributed by atoms with Crippen molar-refractivity contribution in [3.8, 4) is 0 Å². The molecule has 142 valence electrons. The summed E-state index contributed by atoms with van der Waals surface area (Å²) in [5.74, 6) is 0. The summed E-state index contributed by atoms with van der Waals surface area (Å²) in [6, 6.07) is 16.0. The van der Waals surface area contributed by atoms with Crippen molar-refractivity contribution in [2.75, 3.05) is 23.7 Å². The largest absolute Gasteiger partial charge is 0.391 e. The van der Waals surface area contributed by atoms with Gasteiger partial charge in [0.1, 0.15) is 0 Å². The zero-order valence-electron chi connectivity index (χ0n) is 15.0. The zero-order valence-corrected chi connectivity index (χ0v) is 15.0. The van der Waals surface area contributed by atoms with Crippen LogP contribution in [0.5, 0.6) is 0 Å². The van der Waals surface area contributed by atoms with Gasteiger partial charge in [0.25, 0.3) is 0 Å². The first-order chi connectivity index (χ1) is 13.1. The second kappa shape index (κ2) is 9.05. The van der Waals surface area contributed by atoms with Crippen LogP contribution in [0.1, 0.15) is 18.4 Å². The maximum atomic E-state index is 12.2. The molecule has 1 saturated heterocycles. The van der Waals surface area contributed by atoms with E-state index in [2.05, 4.69) is 16.0 Å². The number of urea groups is 2. The predicted molar refractivity (Wildman–Crippen MR) is 105 cm³/mol. The van der Waals surface area contributed by atoms with Crippen molar-refractivity contribution in [3.05, 3.63) is 60.2 Å². The Kier molecular flexibility index (Phi) is 6.27. The normalized spacial score (nSPS) is 16.5. The van der Waals surface area contributed by atoms with E-state index in [0.717, 1.165) is 18.4 Å². The smallest absolute Gasteiger partial charge is 0.323 e. The molecule has 0 unspecified atom stereocenters. The number of aliphatic hydroxyl groups excluding tert-OH is 1. The Morgan fingerprint density at radius 1 is 1.04 bits per heavy atom. The minimum Gasteiger partial charge on any atom is -0.391 e. The second-order valence-electron chi connectivity index (χ2n) is 6.55. The van der Waals surface area contributed by atoms with Crippen LogP contribution in [0.15, 0.2) is 54.6 Å². The number of hydrogen-bond acceptors (Lipinski definition) is 3. The Bertz CT molecular complexity index is 782. The van der Waals surface area contributed by atoms with Gasteiger partial charge in [-0.15, -0.1) is 0 Å². The first-order valence-electron chi connectivity index (χ1n) is 9.03.